The number of carbonyl (C=O) groups is 4. The van der Waals surface area contributed by atoms with Gasteiger partial charge in [-0.05, 0) is 43.0 Å². The first-order chi connectivity index (χ1) is 21.5. The zero-order valence-electron chi connectivity index (χ0n) is 25.3. The van der Waals surface area contributed by atoms with Crippen molar-refractivity contribution in [2.45, 2.75) is 70.9 Å². The number of aromatic nitrogens is 3. The number of hydrogen-bond donors (Lipinski definition) is 5. The molecule has 14 heteroatoms. The molecule has 13 nitrogen and oxygen atoms in total. The van der Waals surface area contributed by atoms with E-state index in [4.69, 9.17) is 16.3 Å². The second-order valence-electron chi connectivity index (χ2n) is 11.3. The van der Waals surface area contributed by atoms with Gasteiger partial charge in [0.2, 0.25) is 17.7 Å². The van der Waals surface area contributed by atoms with Gasteiger partial charge in [0.25, 0.3) is 5.91 Å². The molecule has 0 radical (unpaired) electrons. The fourth-order valence-electron chi connectivity index (χ4n) is 4.80. The summed E-state index contributed by atoms with van der Waals surface area (Å²) in [5, 5.41) is 29.8. The van der Waals surface area contributed by atoms with Gasteiger partial charge in [0.05, 0.1) is 31.0 Å². The van der Waals surface area contributed by atoms with E-state index in [0.29, 0.717) is 10.7 Å². The van der Waals surface area contributed by atoms with Gasteiger partial charge in [0, 0.05) is 11.4 Å². The van der Waals surface area contributed by atoms with E-state index in [0.717, 1.165) is 5.56 Å². The number of rotatable bonds is 5. The highest BCUT2D eigenvalue weighted by molar-refractivity contribution is 6.31. The molecule has 4 amide bonds. The van der Waals surface area contributed by atoms with Crippen molar-refractivity contribution in [3.63, 3.8) is 0 Å². The first-order valence-corrected chi connectivity index (χ1v) is 15.1. The van der Waals surface area contributed by atoms with Crippen LogP contribution in [0.3, 0.4) is 0 Å². The Bertz CT molecular complexity index is 1500. The number of carbonyl (C=O) groups excluding carboxylic acids is 4. The Hall–Kier alpha value is -4.49. The highest BCUT2D eigenvalue weighted by Crippen LogP contribution is 2.24. The summed E-state index contributed by atoms with van der Waals surface area (Å²) in [4.78, 5) is 53.9. The Kier molecular flexibility index (Phi) is 11.5. The van der Waals surface area contributed by atoms with Crippen LogP contribution in [-0.4, -0.2) is 74.6 Å². The number of benzene rings is 2. The van der Waals surface area contributed by atoms with Crippen LogP contribution in [0, 0.1) is 5.92 Å². The van der Waals surface area contributed by atoms with Crippen molar-refractivity contribution in [2.24, 2.45) is 5.92 Å². The number of fused-ring (bicyclic) bond motifs is 3. The van der Waals surface area contributed by atoms with Crippen molar-refractivity contribution in [2.75, 3.05) is 6.61 Å². The molecule has 45 heavy (non-hydrogen) atoms. The molecule has 0 aliphatic carbocycles. The number of nitrogens with one attached hydrogen (secondary N) is 4. The maximum Gasteiger partial charge on any atom is 0.255 e. The molecule has 2 aromatic carbocycles. The third-order valence-electron chi connectivity index (χ3n) is 7.10. The van der Waals surface area contributed by atoms with Gasteiger partial charge in [-0.3, -0.25) is 19.2 Å². The average Bonchev–Trinajstić information content (AvgIpc) is 3.45. The van der Waals surface area contributed by atoms with Crippen LogP contribution in [-0.2, 0) is 33.9 Å². The number of amides is 4. The number of aliphatic hydroxyl groups excluding tert-OH is 1. The number of hydrogen-bond acceptors (Lipinski definition) is 8. The van der Waals surface area contributed by atoms with E-state index < -0.39 is 47.9 Å². The van der Waals surface area contributed by atoms with Crippen LogP contribution in [0.2, 0.25) is 5.02 Å². The van der Waals surface area contributed by atoms with Crippen LogP contribution in [0.5, 0.6) is 5.75 Å². The number of ether oxygens (including phenoxy) is 1. The summed E-state index contributed by atoms with van der Waals surface area (Å²) < 4.78 is 7.43. The van der Waals surface area contributed by atoms with Crippen LogP contribution in [0.1, 0.15) is 48.8 Å². The van der Waals surface area contributed by atoms with E-state index in [1.165, 1.54) is 17.7 Å². The van der Waals surface area contributed by atoms with Gasteiger partial charge in [-0.25, -0.2) is 4.68 Å². The quantitative estimate of drug-likeness (QED) is 0.278. The van der Waals surface area contributed by atoms with E-state index in [1.54, 1.807) is 18.3 Å². The summed E-state index contributed by atoms with van der Waals surface area (Å²) in [6, 6.07) is 10.2. The lowest BCUT2D eigenvalue weighted by Gasteiger charge is -2.27. The molecule has 1 aliphatic heterocycles. The number of aliphatic hydroxyl groups is 1. The highest BCUT2D eigenvalue weighted by atomic mass is 35.5. The van der Waals surface area contributed by atoms with Gasteiger partial charge in [0.1, 0.15) is 36.2 Å². The molecule has 1 aromatic heterocycles. The second-order valence-corrected chi connectivity index (χ2v) is 11.7. The van der Waals surface area contributed by atoms with Gasteiger partial charge in [-0.15, -0.1) is 5.10 Å². The maximum atomic E-state index is 13.5. The predicted molar refractivity (Wildman–Crippen MR) is 165 cm³/mol. The largest absolute Gasteiger partial charge is 0.491 e. The van der Waals surface area contributed by atoms with E-state index in [-0.39, 0.29) is 49.8 Å². The van der Waals surface area contributed by atoms with E-state index in [1.807, 2.05) is 44.2 Å². The molecule has 1 aliphatic rings. The summed E-state index contributed by atoms with van der Waals surface area (Å²) in [5.74, 6) is -2.32. The molecule has 240 valence electrons. The average molecular weight is 640 g/mol. The Morgan fingerprint density at radius 1 is 0.978 bits per heavy atom. The van der Waals surface area contributed by atoms with Gasteiger partial charge in [-0.2, -0.15) is 0 Å². The van der Waals surface area contributed by atoms with Gasteiger partial charge < -0.3 is 31.1 Å². The molecule has 0 unspecified atom stereocenters. The van der Waals surface area contributed by atoms with Gasteiger partial charge >= 0.3 is 0 Å². The normalized spacial score (nSPS) is 21.0. The van der Waals surface area contributed by atoms with Crippen LogP contribution >= 0.6 is 11.6 Å². The second kappa shape index (κ2) is 15.5. The minimum absolute atomic E-state index is 0.0213. The van der Waals surface area contributed by atoms with Crippen LogP contribution in [0.25, 0.3) is 0 Å². The van der Waals surface area contributed by atoms with Crippen LogP contribution in [0.15, 0.2) is 54.7 Å². The van der Waals surface area contributed by atoms with Crippen LogP contribution < -0.4 is 26.0 Å². The fourth-order valence-corrected chi connectivity index (χ4v) is 4.97. The lowest BCUT2D eigenvalue weighted by atomic mass is 10.0. The standard InChI is InChI=1S/C31H38ClN7O6/c1-18(2)13-24-30(43)36-27(19(3)40)31(44)35-25(14-20-7-5-4-6-8-20)29(42)33-16-22-17-39(38-37-22)11-12-45-26-10-9-21(32)15-23(26)28(41)34-24/h4-10,15,17-19,24-25,27,40H,11-14,16H2,1-3H3,(H,33,42)(H,34,41)(H,35,44)(H,36,43)/t19-,24+,25+,27+/m1/s1. The predicted octanol–water partition coefficient (Wildman–Crippen LogP) is 1.38. The Balaban J connectivity index is 1.67. The third-order valence-corrected chi connectivity index (χ3v) is 7.34. The molecule has 2 bridgehead atoms. The minimum Gasteiger partial charge on any atom is -0.491 e. The molecule has 3 aromatic rings. The lowest BCUT2D eigenvalue weighted by Crippen LogP contribution is -2.60. The van der Waals surface area contributed by atoms with Crippen molar-refractivity contribution >= 4 is 35.2 Å². The minimum atomic E-state index is -1.43. The number of halogens is 1. The molecule has 0 saturated carbocycles. The molecular formula is C31H38ClN7O6. The summed E-state index contributed by atoms with van der Waals surface area (Å²) in [7, 11) is 0. The zero-order chi connectivity index (χ0) is 32.5. The van der Waals surface area contributed by atoms with E-state index in [9.17, 15) is 24.3 Å². The first-order valence-electron chi connectivity index (χ1n) is 14.7. The van der Waals surface area contributed by atoms with Crippen LogP contribution in [0.4, 0.5) is 0 Å². The van der Waals surface area contributed by atoms with Gasteiger partial charge in [0.15, 0.2) is 0 Å². The van der Waals surface area contributed by atoms with Crippen molar-refractivity contribution in [1.82, 2.24) is 36.3 Å². The van der Waals surface area contributed by atoms with Crippen molar-refractivity contribution < 1.29 is 29.0 Å². The smallest absolute Gasteiger partial charge is 0.255 e. The Morgan fingerprint density at radius 3 is 2.44 bits per heavy atom. The summed E-state index contributed by atoms with van der Waals surface area (Å²) in [6.07, 6.45) is 0.704. The number of nitrogens with zero attached hydrogens (tertiary/aromatic N) is 3. The Labute approximate surface area is 266 Å². The van der Waals surface area contributed by atoms with Gasteiger partial charge in [-0.1, -0.05) is 61.0 Å². The van der Waals surface area contributed by atoms with E-state index >= 15 is 0 Å². The maximum absolute atomic E-state index is 13.5. The van der Waals surface area contributed by atoms with E-state index in [2.05, 4.69) is 31.6 Å². The molecule has 0 fully saturated rings. The lowest BCUT2D eigenvalue weighted by molar-refractivity contribution is -0.135. The molecule has 0 spiro atoms. The molecule has 0 saturated heterocycles. The SMILES string of the molecule is CC(C)C[C@@H]1NC(=O)c2cc(Cl)ccc2OCCn2cc(nn2)CNC(=O)[C@H](Cc2ccccc2)NC(=O)[C@H]([C@@H](C)O)NC1=O. The summed E-state index contributed by atoms with van der Waals surface area (Å²) in [6.45, 7) is 5.57. The molecule has 5 N–H and O–H groups in total. The molecule has 2 heterocycles. The molecule has 4 atom stereocenters. The highest BCUT2D eigenvalue weighted by Gasteiger charge is 2.33. The van der Waals surface area contributed by atoms with Crippen molar-refractivity contribution in [3.05, 3.63) is 76.6 Å². The first kappa shape index (κ1) is 33.4. The summed E-state index contributed by atoms with van der Waals surface area (Å²) >= 11 is 6.20. The third kappa shape index (κ3) is 9.50. The monoisotopic (exact) mass is 639 g/mol. The molecular weight excluding hydrogens is 602 g/mol. The Morgan fingerprint density at radius 2 is 1.73 bits per heavy atom. The van der Waals surface area contributed by atoms with Crippen molar-refractivity contribution in [1.29, 1.82) is 0 Å². The molecule has 4 rings (SSSR count). The topological polar surface area (TPSA) is 177 Å². The fraction of sp³-hybridized carbons (Fsp3) is 0.419. The zero-order valence-corrected chi connectivity index (χ0v) is 26.1. The summed E-state index contributed by atoms with van der Waals surface area (Å²) in [5.41, 5.74) is 1.38. The van der Waals surface area contributed by atoms with Crippen molar-refractivity contribution in [3.8, 4) is 5.75 Å².